The van der Waals surface area contributed by atoms with Gasteiger partial charge in [-0.25, -0.2) is 4.39 Å². The molecule has 0 spiro atoms. The van der Waals surface area contributed by atoms with Crippen LogP contribution in [0.5, 0.6) is 0 Å². The van der Waals surface area contributed by atoms with Gasteiger partial charge in [0.15, 0.2) is 0 Å². The number of benzene rings is 1. The highest BCUT2D eigenvalue weighted by Crippen LogP contribution is 2.41. The van der Waals surface area contributed by atoms with Gasteiger partial charge < -0.3 is 5.32 Å². The van der Waals surface area contributed by atoms with Crippen molar-refractivity contribution in [3.8, 4) is 0 Å². The van der Waals surface area contributed by atoms with Gasteiger partial charge in [0, 0.05) is 6.04 Å². The van der Waals surface area contributed by atoms with Crippen LogP contribution in [-0.2, 0) is 5.41 Å². The van der Waals surface area contributed by atoms with Crippen LogP contribution in [0.4, 0.5) is 4.39 Å². The summed E-state index contributed by atoms with van der Waals surface area (Å²) in [5.74, 6) is -0.126. The zero-order valence-corrected chi connectivity index (χ0v) is 9.60. The molecular formula is C13H18FN. The van der Waals surface area contributed by atoms with Crippen LogP contribution in [0.2, 0.25) is 0 Å². The van der Waals surface area contributed by atoms with Crippen molar-refractivity contribution in [2.75, 3.05) is 7.05 Å². The molecule has 1 unspecified atom stereocenters. The molecule has 2 rings (SSSR count). The molecular weight excluding hydrogens is 189 g/mol. The van der Waals surface area contributed by atoms with Crippen molar-refractivity contribution in [3.63, 3.8) is 0 Å². The van der Waals surface area contributed by atoms with Gasteiger partial charge in [0.1, 0.15) is 5.82 Å². The molecule has 0 radical (unpaired) electrons. The number of nitrogens with one attached hydrogen (secondary N) is 1. The summed E-state index contributed by atoms with van der Waals surface area (Å²) in [4.78, 5) is 0. The normalized spacial score (nSPS) is 23.6. The van der Waals surface area contributed by atoms with Crippen LogP contribution < -0.4 is 5.32 Å². The fourth-order valence-electron chi connectivity index (χ4n) is 2.51. The minimum Gasteiger partial charge on any atom is -0.313 e. The van der Waals surface area contributed by atoms with E-state index in [1.807, 2.05) is 13.1 Å². The summed E-state index contributed by atoms with van der Waals surface area (Å²) < 4.78 is 13.2. The van der Waals surface area contributed by atoms with Crippen molar-refractivity contribution in [2.45, 2.75) is 38.1 Å². The summed E-state index contributed by atoms with van der Waals surface area (Å²) in [7, 11) is 1.97. The molecule has 82 valence electrons. The summed E-state index contributed by atoms with van der Waals surface area (Å²) in [6, 6.07) is 5.56. The summed E-state index contributed by atoms with van der Waals surface area (Å²) in [5.41, 5.74) is 2.52. The standard InChI is InChI=1S/C13H18FN/c1-13(2)7-6-12(15-3)10-5-4-9(14)8-11(10)13/h4-5,8,12,15H,6-7H2,1-3H3. The smallest absolute Gasteiger partial charge is 0.123 e. The van der Waals surface area contributed by atoms with Crippen molar-refractivity contribution in [1.29, 1.82) is 0 Å². The fraction of sp³-hybridized carbons (Fsp3) is 0.538. The predicted molar refractivity (Wildman–Crippen MR) is 60.5 cm³/mol. The first-order chi connectivity index (χ1) is 7.04. The van der Waals surface area contributed by atoms with E-state index in [2.05, 4.69) is 19.2 Å². The van der Waals surface area contributed by atoms with Crippen molar-refractivity contribution in [2.24, 2.45) is 0 Å². The van der Waals surface area contributed by atoms with Gasteiger partial charge in [-0.3, -0.25) is 0 Å². The Labute approximate surface area is 90.7 Å². The Morgan fingerprint density at radius 1 is 1.40 bits per heavy atom. The highest BCUT2D eigenvalue weighted by Gasteiger charge is 2.32. The molecule has 0 heterocycles. The maximum atomic E-state index is 13.2. The van der Waals surface area contributed by atoms with Crippen LogP contribution >= 0.6 is 0 Å². The van der Waals surface area contributed by atoms with Crippen LogP contribution in [0.3, 0.4) is 0 Å². The van der Waals surface area contributed by atoms with Crippen molar-refractivity contribution >= 4 is 0 Å². The van der Waals surface area contributed by atoms with E-state index in [1.54, 1.807) is 12.1 Å². The number of rotatable bonds is 1. The van der Waals surface area contributed by atoms with E-state index in [-0.39, 0.29) is 11.2 Å². The lowest BCUT2D eigenvalue weighted by Gasteiger charge is -2.37. The maximum Gasteiger partial charge on any atom is 0.123 e. The third-order valence-corrected chi connectivity index (χ3v) is 3.53. The Balaban J connectivity index is 2.53. The molecule has 0 fully saturated rings. The second-order valence-corrected chi connectivity index (χ2v) is 5.00. The Hall–Kier alpha value is -0.890. The molecule has 1 nitrogen and oxygen atoms in total. The van der Waals surface area contributed by atoms with Gasteiger partial charge in [-0.15, -0.1) is 0 Å². The lowest BCUT2D eigenvalue weighted by atomic mass is 9.71. The Morgan fingerprint density at radius 3 is 2.80 bits per heavy atom. The molecule has 1 aliphatic rings. The van der Waals surface area contributed by atoms with Crippen LogP contribution in [-0.4, -0.2) is 7.05 Å². The van der Waals surface area contributed by atoms with Gasteiger partial charge in [-0.2, -0.15) is 0 Å². The van der Waals surface area contributed by atoms with Gasteiger partial charge in [0.2, 0.25) is 0 Å². The SMILES string of the molecule is CNC1CCC(C)(C)c2cc(F)ccc21. The van der Waals surface area contributed by atoms with E-state index in [9.17, 15) is 4.39 Å². The zero-order valence-electron chi connectivity index (χ0n) is 9.60. The number of halogens is 1. The quantitative estimate of drug-likeness (QED) is 0.746. The number of hydrogen-bond acceptors (Lipinski definition) is 1. The van der Waals surface area contributed by atoms with Gasteiger partial charge in [0.25, 0.3) is 0 Å². The molecule has 0 aliphatic heterocycles. The molecule has 1 atom stereocenters. The predicted octanol–water partition coefficient (Wildman–Crippen LogP) is 3.16. The Bertz CT molecular complexity index is 371. The van der Waals surface area contributed by atoms with E-state index in [0.717, 1.165) is 18.4 Å². The zero-order chi connectivity index (χ0) is 11.1. The first kappa shape index (κ1) is 10.6. The highest BCUT2D eigenvalue weighted by molar-refractivity contribution is 5.38. The molecule has 0 bridgehead atoms. The monoisotopic (exact) mass is 207 g/mol. The van der Waals surface area contributed by atoms with Crippen molar-refractivity contribution < 1.29 is 4.39 Å². The second-order valence-electron chi connectivity index (χ2n) is 5.00. The molecule has 2 heteroatoms. The van der Waals surface area contributed by atoms with Crippen molar-refractivity contribution in [3.05, 3.63) is 35.1 Å². The topological polar surface area (TPSA) is 12.0 Å². The summed E-state index contributed by atoms with van der Waals surface area (Å²) in [5, 5.41) is 3.29. The van der Waals surface area contributed by atoms with Gasteiger partial charge >= 0.3 is 0 Å². The van der Waals surface area contributed by atoms with Crippen molar-refractivity contribution in [1.82, 2.24) is 5.32 Å². The lowest BCUT2D eigenvalue weighted by Crippen LogP contribution is -2.31. The molecule has 0 amide bonds. The van der Waals surface area contributed by atoms with E-state index in [1.165, 1.54) is 5.56 Å². The first-order valence-electron chi connectivity index (χ1n) is 5.52. The minimum atomic E-state index is -0.126. The number of fused-ring (bicyclic) bond motifs is 1. The second kappa shape index (κ2) is 3.60. The first-order valence-corrected chi connectivity index (χ1v) is 5.52. The minimum absolute atomic E-state index is 0.102. The van der Waals surface area contributed by atoms with Crippen LogP contribution in [0.25, 0.3) is 0 Å². The van der Waals surface area contributed by atoms with Crippen LogP contribution in [0.15, 0.2) is 18.2 Å². The van der Waals surface area contributed by atoms with Crippen LogP contribution in [0.1, 0.15) is 43.9 Å². The third kappa shape index (κ3) is 1.78. The van der Waals surface area contributed by atoms with Crippen LogP contribution in [0, 0.1) is 5.82 Å². The molecule has 1 aliphatic carbocycles. The molecule has 0 aromatic heterocycles. The third-order valence-electron chi connectivity index (χ3n) is 3.53. The average molecular weight is 207 g/mol. The fourth-order valence-corrected chi connectivity index (χ4v) is 2.51. The lowest BCUT2D eigenvalue weighted by molar-refractivity contribution is 0.368. The van der Waals surface area contributed by atoms with Gasteiger partial charge in [-0.05, 0) is 48.6 Å². The van der Waals surface area contributed by atoms with E-state index in [0.29, 0.717) is 6.04 Å². The average Bonchev–Trinajstić information content (AvgIpc) is 2.19. The molecule has 1 N–H and O–H groups in total. The van der Waals surface area contributed by atoms with E-state index in [4.69, 9.17) is 0 Å². The molecule has 0 saturated carbocycles. The van der Waals surface area contributed by atoms with E-state index < -0.39 is 0 Å². The summed E-state index contributed by atoms with van der Waals surface area (Å²) in [6.45, 7) is 4.38. The molecule has 0 saturated heterocycles. The largest absolute Gasteiger partial charge is 0.313 e. The highest BCUT2D eigenvalue weighted by atomic mass is 19.1. The Kier molecular flexibility index (Phi) is 2.55. The molecule has 1 aromatic rings. The van der Waals surface area contributed by atoms with Gasteiger partial charge in [-0.1, -0.05) is 19.9 Å². The molecule has 15 heavy (non-hydrogen) atoms. The maximum absolute atomic E-state index is 13.2. The van der Waals surface area contributed by atoms with Gasteiger partial charge in [0.05, 0.1) is 0 Å². The Morgan fingerprint density at radius 2 is 2.13 bits per heavy atom. The number of hydrogen-bond donors (Lipinski definition) is 1. The summed E-state index contributed by atoms with van der Waals surface area (Å²) in [6.07, 6.45) is 2.23. The van der Waals surface area contributed by atoms with E-state index >= 15 is 0 Å². The summed E-state index contributed by atoms with van der Waals surface area (Å²) >= 11 is 0. The molecule has 1 aromatic carbocycles.